The predicted octanol–water partition coefficient (Wildman–Crippen LogP) is 2.43. The van der Waals surface area contributed by atoms with E-state index in [9.17, 15) is 0 Å². The maximum Gasteiger partial charge on any atom is 0.231 e. The molecule has 1 aromatic rings. The Morgan fingerprint density at radius 2 is 1.94 bits per heavy atom. The van der Waals surface area contributed by atoms with Crippen LogP contribution in [0.25, 0.3) is 0 Å². The molecule has 1 aromatic carbocycles. The second-order valence-electron chi connectivity index (χ2n) is 4.26. The lowest BCUT2D eigenvalue weighted by molar-refractivity contribution is 0.174. The Hall–Kier alpha value is -0.780. The van der Waals surface area contributed by atoms with Crippen LogP contribution in [0.2, 0.25) is 0 Å². The molecule has 18 heavy (non-hydrogen) atoms. The number of fused-ring (bicyclic) bond motifs is 1. The lowest BCUT2D eigenvalue weighted by atomic mass is 10.2. The Morgan fingerprint density at radius 1 is 1.17 bits per heavy atom. The number of nitrogens with one attached hydrogen (secondary N) is 1. The Bertz CT molecular complexity index is 398. The van der Waals surface area contributed by atoms with Crippen LogP contribution < -0.4 is 14.8 Å². The number of aliphatic hydroxyl groups excluding tert-OH is 1. The van der Waals surface area contributed by atoms with Crippen molar-refractivity contribution in [2.24, 2.45) is 0 Å². The van der Waals surface area contributed by atoms with E-state index < -0.39 is 0 Å². The van der Waals surface area contributed by atoms with Gasteiger partial charge >= 0.3 is 0 Å². The average Bonchev–Trinajstić information content (AvgIpc) is 2.80. The quantitative estimate of drug-likeness (QED) is 0.759. The summed E-state index contributed by atoms with van der Waals surface area (Å²) in [6.45, 7) is 2.35. The Balaban J connectivity index is 1.79. The SMILES string of the molecule is OCCCCCNCc1cc2c(cc1Br)OCO2. The molecule has 0 bridgehead atoms. The topological polar surface area (TPSA) is 50.7 Å². The summed E-state index contributed by atoms with van der Waals surface area (Å²) in [5.41, 5.74) is 1.17. The van der Waals surface area contributed by atoms with Gasteiger partial charge in [0.2, 0.25) is 6.79 Å². The number of aliphatic hydroxyl groups is 1. The van der Waals surface area contributed by atoms with Gasteiger partial charge in [0.15, 0.2) is 11.5 Å². The van der Waals surface area contributed by atoms with Crippen molar-refractivity contribution >= 4 is 15.9 Å². The number of hydrogen-bond donors (Lipinski definition) is 2. The van der Waals surface area contributed by atoms with Crippen LogP contribution in [-0.2, 0) is 6.54 Å². The molecule has 0 radical (unpaired) electrons. The summed E-state index contributed by atoms with van der Waals surface area (Å²) in [5, 5.41) is 12.1. The first kappa shape index (κ1) is 13.6. The molecule has 100 valence electrons. The molecule has 0 spiro atoms. The number of halogens is 1. The normalized spacial score (nSPS) is 13.0. The third-order valence-electron chi connectivity index (χ3n) is 2.87. The van der Waals surface area contributed by atoms with Crippen LogP contribution in [0.5, 0.6) is 11.5 Å². The van der Waals surface area contributed by atoms with Crippen molar-refractivity contribution in [3.8, 4) is 11.5 Å². The zero-order chi connectivity index (χ0) is 12.8. The van der Waals surface area contributed by atoms with Crippen molar-refractivity contribution in [1.29, 1.82) is 0 Å². The van der Waals surface area contributed by atoms with Gasteiger partial charge in [0.05, 0.1) is 0 Å². The van der Waals surface area contributed by atoms with Gasteiger partial charge in [-0.1, -0.05) is 15.9 Å². The van der Waals surface area contributed by atoms with Crippen LogP contribution in [-0.4, -0.2) is 25.1 Å². The first-order valence-corrected chi connectivity index (χ1v) is 7.00. The molecule has 0 amide bonds. The minimum Gasteiger partial charge on any atom is -0.454 e. The fourth-order valence-corrected chi connectivity index (χ4v) is 2.32. The average molecular weight is 316 g/mol. The van der Waals surface area contributed by atoms with E-state index in [2.05, 4.69) is 21.2 Å². The Kier molecular flexibility index (Phi) is 5.28. The minimum absolute atomic E-state index is 0.285. The predicted molar refractivity (Wildman–Crippen MR) is 72.9 cm³/mol. The van der Waals surface area contributed by atoms with Crippen molar-refractivity contribution in [3.05, 3.63) is 22.2 Å². The summed E-state index contributed by atoms with van der Waals surface area (Å²) >= 11 is 3.54. The standard InChI is InChI=1S/C13H18BrNO3/c14-11-7-13-12(17-9-18-13)6-10(11)8-15-4-2-1-3-5-16/h6-7,15-16H,1-5,8-9H2. The van der Waals surface area contributed by atoms with Crippen LogP contribution in [0.3, 0.4) is 0 Å². The summed E-state index contributed by atoms with van der Waals surface area (Å²) in [6.07, 6.45) is 3.03. The van der Waals surface area contributed by atoms with Crippen LogP contribution >= 0.6 is 15.9 Å². The zero-order valence-electron chi connectivity index (χ0n) is 10.2. The summed E-state index contributed by atoms with van der Waals surface area (Å²) in [5.74, 6) is 1.61. The zero-order valence-corrected chi connectivity index (χ0v) is 11.8. The number of hydrogen-bond acceptors (Lipinski definition) is 4. The molecule has 1 aliphatic heterocycles. The number of benzene rings is 1. The van der Waals surface area contributed by atoms with E-state index in [1.54, 1.807) is 0 Å². The third kappa shape index (κ3) is 3.60. The highest BCUT2D eigenvalue weighted by atomic mass is 79.9. The van der Waals surface area contributed by atoms with Crippen molar-refractivity contribution in [2.45, 2.75) is 25.8 Å². The minimum atomic E-state index is 0.285. The second-order valence-corrected chi connectivity index (χ2v) is 5.11. The van der Waals surface area contributed by atoms with Gasteiger partial charge in [0.25, 0.3) is 0 Å². The monoisotopic (exact) mass is 315 g/mol. The van der Waals surface area contributed by atoms with Gasteiger partial charge in [-0.05, 0) is 43.5 Å². The molecule has 0 atom stereocenters. The van der Waals surface area contributed by atoms with E-state index in [0.29, 0.717) is 6.79 Å². The second kappa shape index (κ2) is 6.97. The number of ether oxygens (including phenoxy) is 2. The fraction of sp³-hybridized carbons (Fsp3) is 0.538. The summed E-state index contributed by atoms with van der Waals surface area (Å²) in [6, 6.07) is 3.96. The molecule has 4 nitrogen and oxygen atoms in total. The van der Waals surface area contributed by atoms with Gasteiger partial charge in [-0.3, -0.25) is 0 Å². The van der Waals surface area contributed by atoms with E-state index in [0.717, 1.165) is 48.3 Å². The van der Waals surface area contributed by atoms with E-state index in [4.69, 9.17) is 14.6 Å². The Morgan fingerprint density at radius 3 is 2.72 bits per heavy atom. The van der Waals surface area contributed by atoms with Gasteiger partial charge in [0.1, 0.15) is 0 Å². The van der Waals surface area contributed by atoms with Crippen molar-refractivity contribution < 1.29 is 14.6 Å². The molecular formula is C13H18BrNO3. The molecule has 0 fully saturated rings. The summed E-state index contributed by atoms with van der Waals surface area (Å²) < 4.78 is 11.7. The summed E-state index contributed by atoms with van der Waals surface area (Å²) in [7, 11) is 0. The highest BCUT2D eigenvalue weighted by Crippen LogP contribution is 2.36. The molecule has 2 rings (SSSR count). The number of unbranched alkanes of at least 4 members (excludes halogenated alkanes) is 2. The lowest BCUT2D eigenvalue weighted by Crippen LogP contribution is -2.15. The smallest absolute Gasteiger partial charge is 0.231 e. The van der Waals surface area contributed by atoms with Crippen molar-refractivity contribution in [1.82, 2.24) is 5.32 Å². The molecule has 1 aliphatic rings. The first-order chi connectivity index (χ1) is 8.81. The lowest BCUT2D eigenvalue weighted by Gasteiger charge is -2.08. The van der Waals surface area contributed by atoms with Crippen molar-refractivity contribution in [2.75, 3.05) is 19.9 Å². The maximum absolute atomic E-state index is 8.67. The fourth-order valence-electron chi connectivity index (χ4n) is 1.86. The maximum atomic E-state index is 8.67. The van der Waals surface area contributed by atoms with E-state index in [-0.39, 0.29) is 6.61 Å². The van der Waals surface area contributed by atoms with Gasteiger partial charge in [-0.15, -0.1) is 0 Å². The summed E-state index contributed by atoms with van der Waals surface area (Å²) in [4.78, 5) is 0. The van der Waals surface area contributed by atoms with E-state index in [1.807, 2.05) is 12.1 Å². The highest BCUT2D eigenvalue weighted by Gasteiger charge is 2.15. The molecule has 0 saturated carbocycles. The highest BCUT2D eigenvalue weighted by molar-refractivity contribution is 9.10. The van der Waals surface area contributed by atoms with Crippen LogP contribution in [0.15, 0.2) is 16.6 Å². The van der Waals surface area contributed by atoms with E-state index >= 15 is 0 Å². The molecule has 0 aliphatic carbocycles. The van der Waals surface area contributed by atoms with Gasteiger partial charge in [0, 0.05) is 17.6 Å². The van der Waals surface area contributed by atoms with E-state index in [1.165, 1.54) is 5.56 Å². The van der Waals surface area contributed by atoms with Gasteiger partial charge in [-0.2, -0.15) is 0 Å². The molecule has 0 saturated heterocycles. The molecule has 0 aromatic heterocycles. The largest absolute Gasteiger partial charge is 0.454 e. The molecular weight excluding hydrogens is 298 g/mol. The first-order valence-electron chi connectivity index (χ1n) is 6.21. The number of rotatable bonds is 7. The van der Waals surface area contributed by atoms with Gasteiger partial charge < -0.3 is 19.9 Å². The Labute approximate surface area is 115 Å². The van der Waals surface area contributed by atoms with Crippen LogP contribution in [0, 0.1) is 0 Å². The third-order valence-corrected chi connectivity index (χ3v) is 3.61. The van der Waals surface area contributed by atoms with Crippen LogP contribution in [0.1, 0.15) is 24.8 Å². The van der Waals surface area contributed by atoms with Crippen LogP contribution in [0.4, 0.5) is 0 Å². The molecule has 2 N–H and O–H groups in total. The van der Waals surface area contributed by atoms with Gasteiger partial charge in [-0.25, -0.2) is 0 Å². The molecule has 5 heteroatoms. The molecule has 1 heterocycles. The van der Waals surface area contributed by atoms with Crippen molar-refractivity contribution in [3.63, 3.8) is 0 Å². The molecule has 0 unspecified atom stereocenters.